The van der Waals surface area contributed by atoms with Crippen LogP contribution in [0.4, 0.5) is 4.39 Å². The van der Waals surface area contributed by atoms with Gasteiger partial charge in [-0.05, 0) is 37.5 Å². The molecule has 0 radical (unpaired) electrons. The summed E-state index contributed by atoms with van der Waals surface area (Å²) in [5, 5.41) is 0. The second-order valence-corrected chi connectivity index (χ2v) is 7.31. The molecule has 0 aromatic heterocycles. The number of carbonyl (C=O) groups is 3. The average molecular weight is 360 g/mol. The van der Waals surface area contributed by atoms with E-state index >= 15 is 0 Å². The summed E-state index contributed by atoms with van der Waals surface area (Å²) in [5.74, 6) is -1.03. The summed E-state index contributed by atoms with van der Waals surface area (Å²) in [6.45, 7) is 2.01. The van der Waals surface area contributed by atoms with Crippen molar-refractivity contribution < 1.29 is 18.8 Å². The number of likely N-dealkylation sites (tertiary alicyclic amines) is 1. The normalized spacial score (nSPS) is 23.7. The Morgan fingerprint density at radius 1 is 1.15 bits per heavy atom. The van der Waals surface area contributed by atoms with Crippen molar-refractivity contribution in [1.29, 1.82) is 0 Å². The number of hydrogen-bond donors (Lipinski definition) is 0. The predicted octanol–water partition coefficient (Wildman–Crippen LogP) is 2.91. The van der Waals surface area contributed by atoms with Gasteiger partial charge in [-0.2, -0.15) is 0 Å². The van der Waals surface area contributed by atoms with Crippen LogP contribution in [0.5, 0.6) is 0 Å². The van der Waals surface area contributed by atoms with Crippen molar-refractivity contribution in [2.75, 3.05) is 13.6 Å². The topological polar surface area (TPSA) is 57.7 Å². The van der Waals surface area contributed by atoms with E-state index in [1.165, 1.54) is 17.0 Å². The van der Waals surface area contributed by atoms with E-state index in [2.05, 4.69) is 0 Å². The minimum atomic E-state index is -0.317. The first-order valence-electron chi connectivity index (χ1n) is 9.26. The molecule has 0 N–H and O–H groups in total. The SMILES string of the molecule is CC(c1ccc(F)cc1)N(C)C(=O)CCN1C(=O)C2CCCCC2C1=O. The Kier molecular flexibility index (Phi) is 5.39. The lowest BCUT2D eigenvalue weighted by atomic mass is 9.81. The van der Waals surface area contributed by atoms with E-state index in [1.807, 2.05) is 6.92 Å². The van der Waals surface area contributed by atoms with Crippen LogP contribution in [0.3, 0.4) is 0 Å². The van der Waals surface area contributed by atoms with E-state index in [0.717, 1.165) is 31.2 Å². The van der Waals surface area contributed by atoms with Gasteiger partial charge in [0.05, 0.1) is 17.9 Å². The molecule has 2 fully saturated rings. The molecule has 2 aliphatic rings. The van der Waals surface area contributed by atoms with Gasteiger partial charge in [0.15, 0.2) is 0 Å². The summed E-state index contributed by atoms with van der Waals surface area (Å²) >= 11 is 0. The van der Waals surface area contributed by atoms with Gasteiger partial charge in [0.2, 0.25) is 17.7 Å². The van der Waals surface area contributed by atoms with Crippen molar-refractivity contribution in [3.63, 3.8) is 0 Å². The zero-order valence-corrected chi connectivity index (χ0v) is 15.3. The van der Waals surface area contributed by atoms with Gasteiger partial charge in [-0.25, -0.2) is 4.39 Å². The predicted molar refractivity (Wildman–Crippen MR) is 94.4 cm³/mol. The summed E-state index contributed by atoms with van der Waals surface area (Å²) in [6, 6.07) is 5.83. The fraction of sp³-hybridized carbons (Fsp3) is 0.550. The monoisotopic (exact) mass is 360 g/mol. The van der Waals surface area contributed by atoms with Crippen LogP contribution in [0.2, 0.25) is 0 Å². The van der Waals surface area contributed by atoms with E-state index < -0.39 is 0 Å². The fourth-order valence-electron chi connectivity index (χ4n) is 4.02. The van der Waals surface area contributed by atoms with Gasteiger partial charge in [0, 0.05) is 20.0 Å². The quantitative estimate of drug-likeness (QED) is 0.759. The Hall–Kier alpha value is -2.24. The zero-order valence-electron chi connectivity index (χ0n) is 15.3. The molecule has 1 saturated carbocycles. The number of amides is 3. The number of rotatable bonds is 5. The molecule has 5 nitrogen and oxygen atoms in total. The highest BCUT2D eigenvalue weighted by Crippen LogP contribution is 2.38. The third-order valence-electron chi connectivity index (χ3n) is 5.81. The summed E-state index contributed by atoms with van der Waals surface area (Å²) in [5.41, 5.74) is 0.835. The summed E-state index contributed by atoms with van der Waals surface area (Å²) in [6.07, 6.45) is 3.65. The van der Waals surface area contributed by atoms with Gasteiger partial charge in [-0.15, -0.1) is 0 Å². The molecule has 3 unspecified atom stereocenters. The number of fused-ring (bicyclic) bond motifs is 1. The molecule has 6 heteroatoms. The third kappa shape index (κ3) is 3.50. The van der Waals surface area contributed by atoms with Crippen LogP contribution in [-0.4, -0.2) is 41.1 Å². The van der Waals surface area contributed by atoms with Crippen molar-refractivity contribution >= 4 is 17.7 Å². The first-order valence-corrected chi connectivity index (χ1v) is 9.26. The Bertz CT molecular complexity index is 680. The number of halogens is 1. The van der Waals surface area contributed by atoms with Gasteiger partial charge in [0.1, 0.15) is 5.82 Å². The Balaban J connectivity index is 1.58. The highest BCUT2D eigenvalue weighted by Gasteiger charge is 2.47. The molecule has 1 aliphatic heterocycles. The van der Waals surface area contributed by atoms with Crippen LogP contribution in [0.1, 0.15) is 50.6 Å². The molecule has 1 heterocycles. The molecule has 1 aliphatic carbocycles. The number of nitrogens with zero attached hydrogens (tertiary/aromatic N) is 2. The second kappa shape index (κ2) is 7.56. The van der Waals surface area contributed by atoms with E-state index in [4.69, 9.17) is 0 Å². The number of imide groups is 1. The summed E-state index contributed by atoms with van der Waals surface area (Å²) < 4.78 is 13.1. The Morgan fingerprint density at radius 2 is 1.69 bits per heavy atom. The van der Waals surface area contributed by atoms with Gasteiger partial charge in [-0.1, -0.05) is 25.0 Å². The van der Waals surface area contributed by atoms with E-state index in [1.54, 1.807) is 24.1 Å². The van der Waals surface area contributed by atoms with Gasteiger partial charge < -0.3 is 4.90 Å². The lowest BCUT2D eigenvalue weighted by molar-refractivity contribution is -0.141. The van der Waals surface area contributed by atoms with Crippen LogP contribution in [0.15, 0.2) is 24.3 Å². The molecule has 1 aromatic carbocycles. The average Bonchev–Trinajstić information content (AvgIpc) is 2.90. The zero-order chi connectivity index (χ0) is 18.8. The fourth-order valence-corrected chi connectivity index (χ4v) is 4.02. The van der Waals surface area contributed by atoms with Crippen molar-refractivity contribution in [3.8, 4) is 0 Å². The molecule has 0 spiro atoms. The maximum Gasteiger partial charge on any atom is 0.233 e. The van der Waals surface area contributed by atoms with Crippen LogP contribution < -0.4 is 0 Å². The van der Waals surface area contributed by atoms with Crippen molar-refractivity contribution in [3.05, 3.63) is 35.6 Å². The van der Waals surface area contributed by atoms with Gasteiger partial charge in [-0.3, -0.25) is 19.3 Å². The van der Waals surface area contributed by atoms with E-state index in [0.29, 0.717) is 0 Å². The minimum absolute atomic E-state index is 0.110. The molecule has 0 bridgehead atoms. The molecule has 3 rings (SSSR count). The van der Waals surface area contributed by atoms with Crippen LogP contribution >= 0.6 is 0 Å². The Labute approximate surface area is 153 Å². The lowest BCUT2D eigenvalue weighted by Gasteiger charge is -2.26. The maximum absolute atomic E-state index is 13.1. The summed E-state index contributed by atoms with van der Waals surface area (Å²) in [4.78, 5) is 40.3. The second-order valence-electron chi connectivity index (χ2n) is 7.31. The third-order valence-corrected chi connectivity index (χ3v) is 5.81. The highest BCUT2D eigenvalue weighted by molar-refractivity contribution is 6.05. The van der Waals surface area contributed by atoms with Crippen LogP contribution in [0.25, 0.3) is 0 Å². The first kappa shape index (κ1) is 18.5. The van der Waals surface area contributed by atoms with Crippen molar-refractivity contribution in [1.82, 2.24) is 9.80 Å². The maximum atomic E-state index is 13.1. The molecular weight excluding hydrogens is 335 g/mol. The molecule has 1 aromatic rings. The van der Waals surface area contributed by atoms with E-state index in [9.17, 15) is 18.8 Å². The smallest absolute Gasteiger partial charge is 0.233 e. The molecule has 26 heavy (non-hydrogen) atoms. The van der Waals surface area contributed by atoms with Crippen molar-refractivity contribution in [2.45, 2.75) is 45.1 Å². The largest absolute Gasteiger partial charge is 0.339 e. The van der Waals surface area contributed by atoms with Crippen molar-refractivity contribution in [2.24, 2.45) is 11.8 Å². The minimum Gasteiger partial charge on any atom is -0.339 e. The Morgan fingerprint density at radius 3 is 2.23 bits per heavy atom. The van der Waals surface area contributed by atoms with Crippen LogP contribution in [-0.2, 0) is 14.4 Å². The van der Waals surface area contributed by atoms with Gasteiger partial charge in [0.25, 0.3) is 0 Å². The van der Waals surface area contributed by atoms with Crippen LogP contribution in [0, 0.1) is 17.7 Å². The van der Waals surface area contributed by atoms with E-state index in [-0.39, 0.29) is 54.4 Å². The number of hydrogen-bond acceptors (Lipinski definition) is 3. The van der Waals surface area contributed by atoms with Gasteiger partial charge >= 0.3 is 0 Å². The number of carbonyl (C=O) groups excluding carboxylic acids is 3. The molecule has 3 amide bonds. The molecule has 140 valence electrons. The first-order chi connectivity index (χ1) is 12.4. The lowest BCUT2D eigenvalue weighted by Crippen LogP contribution is -2.36. The molecule has 1 saturated heterocycles. The number of benzene rings is 1. The standard InChI is InChI=1S/C20H25FN2O3/c1-13(14-7-9-15(21)10-8-14)22(2)18(24)11-12-23-19(25)16-5-3-4-6-17(16)20(23)26/h7-10,13,16-17H,3-6,11-12H2,1-2H3. The molecular formula is C20H25FN2O3. The molecule has 3 atom stereocenters. The highest BCUT2D eigenvalue weighted by atomic mass is 19.1. The summed E-state index contributed by atoms with van der Waals surface area (Å²) in [7, 11) is 1.68.